The molecule has 0 rings (SSSR count). The van der Waals surface area contributed by atoms with Gasteiger partial charge in [0.05, 0.1) is 0 Å². The second kappa shape index (κ2) is 6.18. The van der Waals surface area contributed by atoms with Gasteiger partial charge in [0.2, 0.25) is 0 Å². The van der Waals surface area contributed by atoms with Crippen LogP contribution in [0.4, 0.5) is 0 Å². The molecule has 0 unspecified atom stereocenters. The van der Waals surface area contributed by atoms with Gasteiger partial charge in [0.1, 0.15) is 0 Å². The van der Waals surface area contributed by atoms with Gasteiger partial charge in [-0.25, -0.2) is 0 Å². The van der Waals surface area contributed by atoms with Crippen LogP contribution in [-0.4, -0.2) is 5.71 Å². The number of nitrogens with zero attached hydrogens (tertiary/aromatic N) is 1. The van der Waals surface area contributed by atoms with Crippen LogP contribution in [0.1, 0.15) is 20.8 Å². The number of aliphatic imine (C=N–C) groups is 1. The second-order valence-electron chi connectivity index (χ2n) is 2.91. The molecule has 0 saturated carbocycles. The predicted molar refractivity (Wildman–Crippen MR) is 61.0 cm³/mol. The van der Waals surface area contributed by atoms with E-state index in [1.807, 2.05) is 19.1 Å². The Labute approximate surface area is 80.9 Å². The first-order valence-electron chi connectivity index (χ1n) is 4.25. The molecule has 0 N–H and O–H groups in total. The molecular weight excluding hydrogens is 158 g/mol. The van der Waals surface area contributed by atoms with Crippen molar-refractivity contribution in [3.63, 3.8) is 0 Å². The maximum absolute atomic E-state index is 4.14. The quantitative estimate of drug-likeness (QED) is 0.456. The van der Waals surface area contributed by atoms with Gasteiger partial charge in [-0.3, -0.25) is 4.99 Å². The summed E-state index contributed by atoms with van der Waals surface area (Å²) in [5.41, 5.74) is 3.36. The Morgan fingerprint density at radius 1 is 1.15 bits per heavy atom. The van der Waals surface area contributed by atoms with E-state index in [4.69, 9.17) is 0 Å². The summed E-state index contributed by atoms with van der Waals surface area (Å²) in [5.74, 6) is 0. The zero-order valence-corrected chi connectivity index (χ0v) is 8.67. The summed E-state index contributed by atoms with van der Waals surface area (Å²) in [6, 6.07) is 0. The number of hydrogen-bond acceptors (Lipinski definition) is 1. The van der Waals surface area contributed by atoms with Crippen LogP contribution >= 0.6 is 0 Å². The molecule has 0 aliphatic heterocycles. The third kappa shape index (κ3) is 4.26. The van der Waals surface area contributed by atoms with Gasteiger partial charge >= 0.3 is 0 Å². The van der Waals surface area contributed by atoms with Crippen molar-refractivity contribution in [1.82, 2.24) is 0 Å². The van der Waals surface area contributed by atoms with Crippen LogP contribution in [0.15, 0.2) is 53.7 Å². The molecule has 0 radical (unpaired) electrons. The summed E-state index contributed by atoms with van der Waals surface area (Å²) in [6.07, 6.45) is 7.22. The SMILES string of the molecule is C=C/C=C\C(=C(C)C)/C(C)=N\C=C. The Bertz CT molecular complexity index is 273. The summed E-state index contributed by atoms with van der Waals surface area (Å²) in [5, 5.41) is 0. The van der Waals surface area contributed by atoms with E-state index >= 15 is 0 Å². The van der Waals surface area contributed by atoms with E-state index in [2.05, 4.69) is 32.0 Å². The fraction of sp³-hybridized carbons (Fsp3) is 0.250. The molecule has 0 aromatic carbocycles. The first-order chi connectivity index (χ1) is 6.13. The molecular formula is C12H17N. The van der Waals surface area contributed by atoms with Crippen LogP contribution < -0.4 is 0 Å². The Morgan fingerprint density at radius 3 is 2.15 bits per heavy atom. The minimum atomic E-state index is 0.980. The van der Waals surface area contributed by atoms with Crippen LogP contribution in [0, 0.1) is 0 Å². The van der Waals surface area contributed by atoms with E-state index in [9.17, 15) is 0 Å². The molecule has 0 aliphatic rings. The molecule has 70 valence electrons. The third-order valence-corrected chi connectivity index (χ3v) is 1.61. The molecule has 0 fully saturated rings. The molecule has 1 nitrogen and oxygen atoms in total. The smallest absolute Gasteiger partial charge is 0.0443 e. The number of allylic oxidation sites excluding steroid dienone is 5. The van der Waals surface area contributed by atoms with Crippen molar-refractivity contribution in [2.45, 2.75) is 20.8 Å². The molecule has 0 atom stereocenters. The van der Waals surface area contributed by atoms with Crippen LogP contribution in [0.2, 0.25) is 0 Å². The van der Waals surface area contributed by atoms with Gasteiger partial charge in [-0.15, -0.1) is 0 Å². The molecule has 0 bridgehead atoms. The van der Waals surface area contributed by atoms with Crippen molar-refractivity contribution < 1.29 is 0 Å². The zero-order valence-electron chi connectivity index (χ0n) is 8.67. The zero-order chi connectivity index (χ0) is 10.3. The van der Waals surface area contributed by atoms with Gasteiger partial charge in [-0.05, 0) is 26.3 Å². The average Bonchev–Trinajstić information content (AvgIpc) is 2.05. The maximum atomic E-state index is 4.14. The lowest BCUT2D eigenvalue weighted by Gasteiger charge is -2.02. The van der Waals surface area contributed by atoms with Gasteiger partial charge in [0.15, 0.2) is 0 Å². The summed E-state index contributed by atoms with van der Waals surface area (Å²) < 4.78 is 0. The topological polar surface area (TPSA) is 12.4 Å². The van der Waals surface area contributed by atoms with Crippen molar-refractivity contribution in [1.29, 1.82) is 0 Å². The molecule has 0 amide bonds. The highest BCUT2D eigenvalue weighted by Gasteiger charge is 1.97. The fourth-order valence-electron chi connectivity index (χ4n) is 1.02. The Balaban J connectivity index is 4.95. The van der Waals surface area contributed by atoms with Crippen LogP contribution in [0.3, 0.4) is 0 Å². The van der Waals surface area contributed by atoms with E-state index < -0.39 is 0 Å². The highest BCUT2D eigenvalue weighted by Crippen LogP contribution is 2.08. The van der Waals surface area contributed by atoms with E-state index in [0.29, 0.717) is 0 Å². The largest absolute Gasteiger partial charge is 0.262 e. The molecule has 0 heterocycles. The van der Waals surface area contributed by atoms with E-state index in [1.165, 1.54) is 5.57 Å². The lowest BCUT2D eigenvalue weighted by atomic mass is 10.1. The van der Waals surface area contributed by atoms with Crippen molar-refractivity contribution in [2.75, 3.05) is 0 Å². The van der Waals surface area contributed by atoms with Gasteiger partial charge < -0.3 is 0 Å². The molecule has 0 aromatic rings. The maximum Gasteiger partial charge on any atom is 0.0443 e. The predicted octanol–water partition coefficient (Wildman–Crippen LogP) is 3.67. The summed E-state index contributed by atoms with van der Waals surface area (Å²) >= 11 is 0. The summed E-state index contributed by atoms with van der Waals surface area (Å²) in [4.78, 5) is 4.14. The highest BCUT2D eigenvalue weighted by molar-refractivity contribution is 6.01. The van der Waals surface area contributed by atoms with Gasteiger partial charge in [0.25, 0.3) is 0 Å². The van der Waals surface area contributed by atoms with Gasteiger partial charge in [-0.2, -0.15) is 0 Å². The van der Waals surface area contributed by atoms with Gasteiger partial charge in [0, 0.05) is 11.9 Å². The van der Waals surface area contributed by atoms with Crippen molar-refractivity contribution >= 4 is 5.71 Å². The summed E-state index contributed by atoms with van der Waals surface area (Å²) in [6.45, 7) is 13.3. The molecule has 1 heteroatoms. The highest BCUT2D eigenvalue weighted by atomic mass is 14.7. The van der Waals surface area contributed by atoms with Crippen molar-refractivity contribution in [2.24, 2.45) is 4.99 Å². The average molecular weight is 175 g/mol. The molecule has 0 spiro atoms. The van der Waals surface area contributed by atoms with Crippen molar-refractivity contribution in [3.8, 4) is 0 Å². The standard InChI is InChI=1S/C12H17N/c1-6-8-9-12(10(3)4)11(5)13-7-2/h6-9H,1-2H2,3-5H3/b9-8-,13-11-. The summed E-state index contributed by atoms with van der Waals surface area (Å²) in [7, 11) is 0. The second-order valence-corrected chi connectivity index (χ2v) is 2.91. The van der Waals surface area contributed by atoms with Crippen LogP contribution in [0.25, 0.3) is 0 Å². The van der Waals surface area contributed by atoms with Crippen molar-refractivity contribution in [3.05, 3.63) is 48.7 Å². The molecule has 0 aliphatic carbocycles. The number of rotatable bonds is 4. The Hall–Kier alpha value is -1.37. The van der Waals surface area contributed by atoms with Crippen LogP contribution in [-0.2, 0) is 0 Å². The van der Waals surface area contributed by atoms with Gasteiger partial charge in [-0.1, -0.05) is 37.0 Å². The van der Waals surface area contributed by atoms with E-state index in [0.717, 1.165) is 11.3 Å². The molecule has 13 heavy (non-hydrogen) atoms. The number of hydrogen-bond donors (Lipinski definition) is 0. The monoisotopic (exact) mass is 175 g/mol. The lowest BCUT2D eigenvalue weighted by Crippen LogP contribution is -1.96. The molecule has 0 aromatic heterocycles. The van der Waals surface area contributed by atoms with E-state index in [1.54, 1.807) is 12.3 Å². The molecule has 0 saturated heterocycles. The normalized spacial score (nSPS) is 11.5. The van der Waals surface area contributed by atoms with E-state index in [-0.39, 0.29) is 0 Å². The minimum absolute atomic E-state index is 0.980. The fourth-order valence-corrected chi connectivity index (χ4v) is 1.02. The third-order valence-electron chi connectivity index (χ3n) is 1.61. The lowest BCUT2D eigenvalue weighted by molar-refractivity contribution is 1.34. The Morgan fingerprint density at radius 2 is 1.77 bits per heavy atom. The Kier molecular flexibility index (Phi) is 5.53. The van der Waals surface area contributed by atoms with Crippen LogP contribution in [0.5, 0.6) is 0 Å². The minimum Gasteiger partial charge on any atom is -0.262 e. The first-order valence-corrected chi connectivity index (χ1v) is 4.25. The first kappa shape index (κ1) is 11.6.